The number of rotatable bonds is 9. The Morgan fingerprint density at radius 2 is 1.48 bits per heavy atom. The maximum Gasteiger partial charge on any atom is 0.108 e. The summed E-state index contributed by atoms with van der Waals surface area (Å²) in [7, 11) is 0. The summed E-state index contributed by atoms with van der Waals surface area (Å²) < 4.78 is 15.7. The second-order valence-electron chi connectivity index (χ2n) is 10.4. The normalized spacial score (nSPS) is 27.4. The lowest BCUT2D eigenvalue weighted by atomic mass is 9.71. The smallest absolute Gasteiger partial charge is 0.108 e. The quantitative estimate of drug-likeness (QED) is 0.338. The third kappa shape index (κ3) is 5.68. The maximum atomic E-state index is 15.7. The Balaban J connectivity index is 1.48. The molecule has 0 heterocycles. The fourth-order valence-corrected chi connectivity index (χ4v) is 6.28. The van der Waals surface area contributed by atoms with Gasteiger partial charge < -0.3 is 0 Å². The largest absolute Gasteiger partial charge is 0.211 e. The number of allylic oxidation sites excluding steroid dienone is 4. The van der Waals surface area contributed by atoms with Crippen molar-refractivity contribution in [3.8, 4) is 0 Å². The molecule has 2 unspecified atom stereocenters. The van der Waals surface area contributed by atoms with Gasteiger partial charge in [-0.1, -0.05) is 126 Å². The molecule has 0 spiro atoms. The number of halogens is 1. The van der Waals surface area contributed by atoms with E-state index in [0.717, 1.165) is 36.7 Å². The molecular formula is C32H41F. The van der Waals surface area contributed by atoms with Gasteiger partial charge in [0.25, 0.3) is 0 Å². The molecule has 0 aromatic heterocycles. The van der Waals surface area contributed by atoms with Gasteiger partial charge in [0, 0.05) is 5.41 Å². The Labute approximate surface area is 201 Å². The highest BCUT2D eigenvalue weighted by Gasteiger charge is 2.33. The Morgan fingerprint density at radius 3 is 2.15 bits per heavy atom. The molecule has 0 N–H and O–H groups in total. The van der Waals surface area contributed by atoms with Gasteiger partial charge in [-0.15, -0.1) is 0 Å². The van der Waals surface area contributed by atoms with Crippen molar-refractivity contribution in [1.29, 1.82) is 0 Å². The summed E-state index contributed by atoms with van der Waals surface area (Å²) in [4.78, 5) is 0. The van der Waals surface area contributed by atoms with E-state index in [-0.39, 0.29) is 17.2 Å². The first-order valence-corrected chi connectivity index (χ1v) is 13.4. The third-order valence-electron chi connectivity index (χ3n) is 8.13. The Kier molecular flexibility index (Phi) is 8.23. The van der Waals surface area contributed by atoms with Gasteiger partial charge in [0.2, 0.25) is 0 Å². The summed E-state index contributed by atoms with van der Waals surface area (Å²) in [5.74, 6) is 1.54. The molecule has 0 nitrogen and oxygen atoms in total. The van der Waals surface area contributed by atoms with Crippen molar-refractivity contribution >= 4 is 0 Å². The first-order chi connectivity index (χ1) is 16.1. The fourth-order valence-electron chi connectivity index (χ4n) is 6.28. The molecule has 0 aliphatic heterocycles. The third-order valence-corrected chi connectivity index (χ3v) is 8.13. The van der Waals surface area contributed by atoms with E-state index >= 15 is 4.39 Å². The van der Waals surface area contributed by atoms with E-state index in [1.165, 1.54) is 56.1 Å². The second-order valence-corrected chi connectivity index (χ2v) is 10.4. The van der Waals surface area contributed by atoms with E-state index in [2.05, 4.69) is 74.5 Å². The van der Waals surface area contributed by atoms with Crippen LogP contribution in [0.15, 0.2) is 78.7 Å². The molecule has 1 saturated carbocycles. The SMILES string of the molecule is CCCC1(c2ccccc2)C=CC(c2ccccc2CC[C@H]2CC[C@H](CCC)CC2)C(F)=C1. The van der Waals surface area contributed by atoms with Crippen LogP contribution in [0, 0.1) is 11.8 Å². The van der Waals surface area contributed by atoms with E-state index in [0.29, 0.717) is 0 Å². The van der Waals surface area contributed by atoms with Gasteiger partial charge in [-0.05, 0) is 53.9 Å². The topological polar surface area (TPSA) is 0 Å². The van der Waals surface area contributed by atoms with Crippen molar-refractivity contribution in [2.45, 2.75) is 89.4 Å². The van der Waals surface area contributed by atoms with Crippen LogP contribution < -0.4 is 0 Å². The molecule has 33 heavy (non-hydrogen) atoms. The van der Waals surface area contributed by atoms with E-state index in [1.54, 1.807) is 0 Å². The average Bonchev–Trinajstić information content (AvgIpc) is 2.85. The van der Waals surface area contributed by atoms with Crippen LogP contribution in [0.3, 0.4) is 0 Å². The highest BCUT2D eigenvalue weighted by atomic mass is 19.1. The van der Waals surface area contributed by atoms with E-state index in [1.807, 2.05) is 12.1 Å². The summed E-state index contributed by atoms with van der Waals surface area (Å²) in [6, 6.07) is 19.0. The molecular weight excluding hydrogens is 403 g/mol. The molecule has 1 heteroatoms. The molecule has 176 valence electrons. The van der Waals surface area contributed by atoms with Crippen LogP contribution in [0.4, 0.5) is 4.39 Å². The Hall–Kier alpha value is -2.15. The van der Waals surface area contributed by atoms with Crippen molar-refractivity contribution in [2.24, 2.45) is 11.8 Å². The molecule has 4 rings (SSSR count). The molecule has 2 aliphatic rings. The first-order valence-electron chi connectivity index (χ1n) is 13.4. The van der Waals surface area contributed by atoms with Crippen LogP contribution in [-0.2, 0) is 11.8 Å². The Bertz CT molecular complexity index is 932. The number of hydrogen-bond acceptors (Lipinski definition) is 0. The molecule has 0 amide bonds. The van der Waals surface area contributed by atoms with Crippen molar-refractivity contribution in [3.05, 3.63) is 95.3 Å². The monoisotopic (exact) mass is 444 g/mol. The Morgan fingerprint density at radius 1 is 0.818 bits per heavy atom. The van der Waals surface area contributed by atoms with Crippen molar-refractivity contribution in [1.82, 2.24) is 0 Å². The van der Waals surface area contributed by atoms with Crippen LogP contribution in [-0.4, -0.2) is 0 Å². The minimum Gasteiger partial charge on any atom is -0.211 e. The molecule has 2 aromatic carbocycles. The molecule has 1 fully saturated rings. The van der Waals surface area contributed by atoms with Gasteiger partial charge >= 0.3 is 0 Å². The summed E-state index contributed by atoms with van der Waals surface area (Å²) in [5, 5.41) is 0. The van der Waals surface area contributed by atoms with Crippen molar-refractivity contribution in [3.63, 3.8) is 0 Å². The number of hydrogen-bond donors (Lipinski definition) is 0. The minimum absolute atomic E-state index is 0.00215. The highest BCUT2D eigenvalue weighted by molar-refractivity contribution is 5.47. The highest BCUT2D eigenvalue weighted by Crippen LogP contribution is 2.43. The zero-order valence-corrected chi connectivity index (χ0v) is 20.6. The lowest BCUT2D eigenvalue weighted by molar-refractivity contribution is 0.252. The summed E-state index contributed by atoms with van der Waals surface area (Å²) in [6.45, 7) is 4.49. The molecule has 0 saturated heterocycles. The summed E-state index contributed by atoms with van der Waals surface area (Å²) in [6.07, 6.45) is 18.8. The van der Waals surface area contributed by atoms with Gasteiger partial charge in [0.15, 0.2) is 0 Å². The molecule has 2 aliphatic carbocycles. The van der Waals surface area contributed by atoms with Crippen molar-refractivity contribution < 1.29 is 4.39 Å². The lowest BCUT2D eigenvalue weighted by Gasteiger charge is -2.33. The van der Waals surface area contributed by atoms with Crippen LogP contribution in [0.1, 0.15) is 94.2 Å². The first kappa shape index (κ1) is 24.0. The maximum absolute atomic E-state index is 15.7. The van der Waals surface area contributed by atoms with E-state index in [4.69, 9.17) is 0 Å². The second kappa shape index (κ2) is 11.3. The fraction of sp³-hybridized carbons (Fsp3) is 0.500. The molecule has 0 bridgehead atoms. The molecule has 2 atom stereocenters. The van der Waals surface area contributed by atoms with E-state index in [9.17, 15) is 0 Å². The standard InChI is InChI=1S/C32H41F/c1-3-10-25-15-17-26(18-16-25)19-20-27-11-8-9-14-29(27)30-21-23-32(22-4-2,24-31(30)33)28-12-6-5-7-13-28/h5-9,11-14,21,23-26,30H,3-4,10,15-20,22H2,1-2H3/t25-,26-,30?,32?. The predicted octanol–water partition coefficient (Wildman–Crippen LogP) is 9.47. The zero-order chi connectivity index (χ0) is 23.1. The van der Waals surface area contributed by atoms with Gasteiger partial charge in [0.1, 0.15) is 5.83 Å². The van der Waals surface area contributed by atoms with Crippen LogP contribution in [0.25, 0.3) is 0 Å². The van der Waals surface area contributed by atoms with Crippen LogP contribution >= 0.6 is 0 Å². The molecule has 2 aromatic rings. The van der Waals surface area contributed by atoms with Crippen molar-refractivity contribution in [2.75, 3.05) is 0 Å². The summed E-state index contributed by atoms with van der Waals surface area (Å²) in [5.41, 5.74) is 3.33. The van der Waals surface area contributed by atoms with Crippen LogP contribution in [0.5, 0.6) is 0 Å². The van der Waals surface area contributed by atoms with Gasteiger partial charge in [0.05, 0.1) is 5.92 Å². The lowest BCUT2D eigenvalue weighted by Crippen LogP contribution is -2.25. The van der Waals surface area contributed by atoms with Crippen LogP contribution in [0.2, 0.25) is 0 Å². The molecule has 0 radical (unpaired) electrons. The van der Waals surface area contributed by atoms with Gasteiger partial charge in [-0.2, -0.15) is 0 Å². The van der Waals surface area contributed by atoms with Gasteiger partial charge in [-0.3, -0.25) is 0 Å². The predicted molar refractivity (Wildman–Crippen MR) is 139 cm³/mol. The number of aryl methyl sites for hydroxylation is 1. The average molecular weight is 445 g/mol. The number of benzene rings is 2. The zero-order valence-electron chi connectivity index (χ0n) is 20.6. The van der Waals surface area contributed by atoms with E-state index < -0.39 is 0 Å². The minimum atomic E-state index is -0.331. The van der Waals surface area contributed by atoms with Gasteiger partial charge in [-0.25, -0.2) is 4.39 Å². The summed E-state index contributed by atoms with van der Waals surface area (Å²) >= 11 is 0.